The number of primary amides is 1. The van der Waals surface area contributed by atoms with E-state index in [0.29, 0.717) is 22.0 Å². The Morgan fingerprint density at radius 3 is 2.48 bits per heavy atom. The summed E-state index contributed by atoms with van der Waals surface area (Å²) >= 11 is 5.93. The van der Waals surface area contributed by atoms with Crippen molar-refractivity contribution >= 4 is 40.6 Å². The summed E-state index contributed by atoms with van der Waals surface area (Å²) in [4.78, 5) is 26.0. The third-order valence-corrected chi connectivity index (χ3v) is 4.29. The van der Waals surface area contributed by atoms with Crippen LogP contribution in [0.1, 0.15) is 23.2 Å². The number of rotatable bonds is 4. The van der Waals surface area contributed by atoms with Crippen molar-refractivity contribution in [1.82, 2.24) is 0 Å². The molecule has 4 N–H and O–H groups in total. The first-order valence-corrected chi connectivity index (χ1v) is 8.43. The first kappa shape index (κ1) is 17.1. The lowest BCUT2D eigenvalue weighted by atomic mass is 10.1. The first-order chi connectivity index (χ1) is 12.0. The normalized spacial score (nSPS) is 13.6. The summed E-state index contributed by atoms with van der Waals surface area (Å²) in [6, 6.07) is 11.6. The molecule has 1 aliphatic rings. The van der Waals surface area contributed by atoms with Gasteiger partial charge in [0.05, 0.1) is 11.4 Å². The third kappa shape index (κ3) is 4.22. The van der Waals surface area contributed by atoms with Crippen LogP contribution in [0, 0.1) is 0 Å². The Morgan fingerprint density at radius 1 is 1.04 bits per heavy atom. The number of hydrogen-bond donors (Lipinski definition) is 3. The predicted octanol–water partition coefficient (Wildman–Crippen LogP) is 3.68. The van der Waals surface area contributed by atoms with E-state index in [1.165, 1.54) is 0 Å². The first-order valence-electron chi connectivity index (χ1n) is 8.05. The second-order valence-corrected chi connectivity index (χ2v) is 6.32. The van der Waals surface area contributed by atoms with E-state index in [1.807, 2.05) is 6.07 Å². The molecule has 0 bridgehead atoms. The van der Waals surface area contributed by atoms with Crippen molar-refractivity contribution in [2.45, 2.75) is 12.8 Å². The zero-order chi connectivity index (χ0) is 17.8. The van der Waals surface area contributed by atoms with Gasteiger partial charge in [-0.05, 0) is 49.2 Å². The van der Waals surface area contributed by atoms with Crippen molar-refractivity contribution in [2.24, 2.45) is 5.73 Å². The van der Waals surface area contributed by atoms with Crippen molar-refractivity contribution < 1.29 is 9.59 Å². The highest BCUT2D eigenvalue weighted by atomic mass is 35.5. The average molecular weight is 359 g/mol. The predicted molar refractivity (Wildman–Crippen MR) is 101 cm³/mol. The van der Waals surface area contributed by atoms with Crippen molar-refractivity contribution in [3.8, 4) is 0 Å². The molecule has 1 saturated heterocycles. The van der Waals surface area contributed by atoms with Gasteiger partial charge in [-0.1, -0.05) is 17.7 Å². The van der Waals surface area contributed by atoms with E-state index in [9.17, 15) is 9.59 Å². The van der Waals surface area contributed by atoms with Crippen LogP contribution >= 0.6 is 11.6 Å². The second-order valence-electron chi connectivity index (χ2n) is 5.88. The van der Waals surface area contributed by atoms with Gasteiger partial charge in [-0.2, -0.15) is 0 Å². The molecule has 0 saturated carbocycles. The number of nitrogens with zero attached hydrogens (tertiary/aromatic N) is 1. The molecule has 3 amide bonds. The Kier molecular flexibility index (Phi) is 5.09. The summed E-state index contributed by atoms with van der Waals surface area (Å²) in [7, 11) is 0. The van der Waals surface area contributed by atoms with Crippen LogP contribution in [0.3, 0.4) is 0 Å². The van der Waals surface area contributed by atoms with Crippen LogP contribution in [0.25, 0.3) is 0 Å². The zero-order valence-electron chi connectivity index (χ0n) is 13.6. The van der Waals surface area contributed by atoms with Gasteiger partial charge in [-0.25, -0.2) is 4.79 Å². The van der Waals surface area contributed by atoms with Gasteiger partial charge in [0.15, 0.2) is 0 Å². The van der Waals surface area contributed by atoms with Crippen LogP contribution in [0.4, 0.5) is 21.9 Å². The molecule has 25 heavy (non-hydrogen) atoms. The SMILES string of the molecule is NC(=O)c1ccc(N2CCCC2)c(NC(=O)Nc2cccc(Cl)c2)c1. The van der Waals surface area contributed by atoms with Gasteiger partial charge in [0.1, 0.15) is 0 Å². The fraction of sp³-hybridized carbons (Fsp3) is 0.222. The molecule has 1 aliphatic heterocycles. The highest BCUT2D eigenvalue weighted by Gasteiger charge is 2.18. The molecule has 6 nitrogen and oxygen atoms in total. The van der Waals surface area contributed by atoms with Crippen LogP contribution in [0.2, 0.25) is 5.02 Å². The van der Waals surface area contributed by atoms with Crippen LogP contribution in [-0.2, 0) is 0 Å². The molecule has 130 valence electrons. The molecule has 1 fully saturated rings. The zero-order valence-corrected chi connectivity index (χ0v) is 14.3. The number of benzene rings is 2. The lowest BCUT2D eigenvalue weighted by Gasteiger charge is -2.22. The van der Waals surface area contributed by atoms with Crippen molar-refractivity contribution in [1.29, 1.82) is 0 Å². The van der Waals surface area contributed by atoms with Gasteiger partial charge in [0, 0.05) is 29.4 Å². The Labute approximate surface area is 150 Å². The molecule has 0 unspecified atom stereocenters. The molecule has 0 aromatic heterocycles. The van der Waals surface area contributed by atoms with Gasteiger partial charge in [0.25, 0.3) is 0 Å². The summed E-state index contributed by atoms with van der Waals surface area (Å²) in [5.41, 5.74) is 7.72. The molecule has 0 spiro atoms. The van der Waals surface area contributed by atoms with Gasteiger partial charge in [-0.15, -0.1) is 0 Å². The average Bonchev–Trinajstić information content (AvgIpc) is 3.08. The van der Waals surface area contributed by atoms with Gasteiger partial charge < -0.3 is 21.3 Å². The molecule has 3 rings (SSSR count). The maximum absolute atomic E-state index is 12.3. The number of urea groups is 1. The van der Waals surface area contributed by atoms with E-state index < -0.39 is 11.9 Å². The van der Waals surface area contributed by atoms with E-state index in [2.05, 4.69) is 15.5 Å². The molecular formula is C18H19ClN4O2. The molecular weight excluding hydrogens is 340 g/mol. The lowest BCUT2D eigenvalue weighted by Crippen LogP contribution is -2.24. The standard InChI is InChI=1S/C18H19ClN4O2/c19-13-4-3-5-14(11-13)21-18(25)22-15-10-12(17(20)24)6-7-16(15)23-8-1-2-9-23/h3-7,10-11H,1-2,8-9H2,(H2,20,24)(H2,21,22,25). The molecule has 1 heterocycles. The van der Waals surface area contributed by atoms with Crippen molar-refractivity contribution in [3.05, 3.63) is 53.1 Å². The quantitative estimate of drug-likeness (QED) is 0.779. The van der Waals surface area contributed by atoms with E-state index >= 15 is 0 Å². The smallest absolute Gasteiger partial charge is 0.323 e. The molecule has 2 aromatic carbocycles. The molecule has 2 aromatic rings. The van der Waals surface area contributed by atoms with Gasteiger partial charge in [0.2, 0.25) is 5.91 Å². The van der Waals surface area contributed by atoms with E-state index in [-0.39, 0.29) is 0 Å². The summed E-state index contributed by atoms with van der Waals surface area (Å²) in [5.74, 6) is -0.536. The second kappa shape index (κ2) is 7.44. The van der Waals surface area contributed by atoms with Crippen molar-refractivity contribution in [2.75, 3.05) is 28.6 Å². The molecule has 0 radical (unpaired) electrons. The number of hydrogen-bond acceptors (Lipinski definition) is 3. The summed E-state index contributed by atoms with van der Waals surface area (Å²) in [6.45, 7) is 1.83. The Balaban J connectivity index is 1.82. The summed E-state index contributed by atoms with van der Waals surface area (Å²) < 4.78 is 0. The topological polar surface area (TPSA) is 87.5 Å². The van der Waals surface area contributed by atoms with Crippen LogP contribution in [0.15, 0.2) is 42.5 Å². The minimum absolute atomic E-state index is 0.348. The number of carbonyl (C=O) groups is 2. The molecule has 0 aliphatic carbocycles. The van der Waals surface area contributed by atoms with E-state index in [4.69, 9.17) is 17.3 Å². The number of nitrogens with two attached hydrogens (primary N) is 1. The van der Waals surface area contributed by atoms with Crippen LogP contribution in [0.5, 0.6) is 0 Å². The maximum Gasteiger partial charge on any atom is 0.323 e. The van der Waals surface area contributed by atoms with Crippen LogP contribution in [-0.4, -0.2) is 25.0 Å². The minimum Gasteiger partial charge on any atom is -0.370 e. The van der Waals surface area contributed by atoms with Crippen molar-refractivity contribution in [3.63, 3.8) is 0 Å². The summed E-state index contributed by atoms with van der Waals surface area (Å²) in [5, 5.41) is 6.07. The highest BCUT2D eigenvalue weighted by molar-refractivity contribution is 6.30. The number of halogens is 1. The molecule has 0 atom stereocenters. The fourth-order valence-corrected chi connectivity index (χ4v) is 3.06. The Hall–Kier alpha value is -2.73. The number of carbonyl (C=O) groups excluding carboxylic acids is 2. The molecule has 7 heteroatoms. The van der Waals surface area contributed by atoms with Gasteiger partial charge in [-0.3, -0.25) is 4.79 Å². The Morgan fingerprint density at radius 2 is 1.80 bits per heavy atom. The highest BCUT2D eigenvalue weighted by Crippen LogP contribution is 2.30. The maximum atomic E-state index is 12.3. The van der Waals surface area contributed by atoms with Gasteiger partial charge >= 0.3 is 6.03 Å². The Bertz CT molecular complexity index is 803. The number of anilines is 3. The summed E-state index contributed by atoms with van der Waals surface area (Å²) in [6.07, 6.45) is 2.21. The van der Waals surface area contributed by atoms with E-state index in [0.717, 1.165) is 31.6 Å². The van der Waals surface area contributed by atoms with Crippen LogP contribution < -0.4 is 21.3 Å². The minimum atomic E-state index is -0.536. The third-order valence-electron chi connectivity index (χ3n) is 4.06. The number of nitrogens with one attached hydrogen (secondary N) is 2. The largest absolute Gasteiger partial charge is 0.370 e. The van der Waals surface area contributed by atoms with E-state index in [1.54, 1.807) is 36.4 Å². The monoisotopic (exact) mass is 358 g/mol. The fourth-order valence-electron chi connectivity index (χ4n) is 2.87. The lowest BCUT2D eigenvalue weighted by molar-refractivity contribution is 0.100. The number of amides is 3.